The molecule has 1 aliphatic rings. The summed E-state index contributed by atoms with van der Waals surface area (Å²) >= 11 is 5.77. The van der Waals surface area contributed by atoms with Crippen LogP contribution in [0.4, 0.5) is 0 Å². The molecule has 1 aliphatic heterocycles. The first-order chi connectivity index (χ1) is 8.43. The third-order valence-corrected chi connectivity index (χ3v) is 5.50. The van der Waals surface area contributed by atoms with Crippen LogP contribution in [0.25, 0.3) is 0 Å². The summed E-state index contributed by atoms with van der Waals surface area (Å²) in [6.45, 7) is 4.56. The van der Waals surface area contributed by atoms with Gasteiger partial charge in [0.05, 0.1) is 17.6 Å². The molecular weight excluding hydrogens is 274 g/mol. The van der Waals surface area contributed by atoms with Crippen LogP contribution in [0.1, 0.15) is 13.8 Å². The Bertz CT molecular complexity index is 515. The van der Waals surface area contributed by atoms with E-state index >= 15 is 0 Å². The maximum atomic E-state index is 12.5. The number of hydrogen-bond donors (Lipinski definition) is 0. The van der Waals surface area contributed by atoms with E-state index < -0.39 is 10.0 Å². The van der Waals surface area contributed by atoms with Crippen molar-refractivity contribution in [2.24, 2.45) is 0 Å². The summed E-state index contributed by atoms with van der Waals surface area (Å²) in [4.78, 5) is 0.271. The molecule has 0 amide bonds. The number of halogens is 1. The Kier molecular flexibility index (Phi) is 3.96. The molecule has 1 fully saturated rings. The van der Waals surface area contributed by atoms with Gasteiger partial charge in [0.1, 0.15) is 0 Å². The summed E-state index contributed by atoms with van der Waals surface area (Å²) in [5.41, 5.74) is 0. The molecule has 100 valence electrons. The second kappa shape index (κ2) is 5.17. The van der Waals surface area contributed by atoms with Crippen LogP contribution >= 0.6 is 11.6 Å². The van der Waals surface area contributed by atoms with Gasteiger partial charge in [0.2, 0.25) is 10.0 Å². The van der Waals surface area contributed by atoms with E-state index in [1.165, 1.54) is 16.4 Å². The first kappa shape index (κ1) is 13.8. The zero-order chi connectivity index (χ0) is 13.3. The van der Waals surface area contributed by atoms with Crippen molar-refractivity contribution in [1.82, 2.24) is 4.31 Å². The lowest BCUT2D eigenvalue weighted by Crippen LogP contribution is -2.50. The molecule has 2 unspecified atom stereocenters. The predicted octanol–water partition coefficient (Wildman–Crippen LogP) is 2.14. The lowest BCUT2D eigenvalue weighted by Gasteiger charge is -2.36. The fourth-order valence-corrected chi connectivity index (χ4v) is 3.79. The minimum Gasteiger partial charge on any atom is -0.375 e. The van der Waals surface area contributed by atoms with Crippen LogP contribution in [0, 0.1) is 0 Å². The average molecular weight is 290 g/mol. The number of ether oxygens (including phenoxy) is 1. The fourth-order valence-electron chi connectivity index (χ4n) is 1.99. The number of hydrogen-bond acceptors (Lipinski definition) is 3. The molecule has 0 N–H and O–H groups in total. The van der Waals surface area contributed by atoms with Gasteiger partial charge in [0.25, 0.3) is 0 Å². The first-order valence-electron chi connectivity index (χ1n) is 5.82. The van der Waals surface area contributed by atoms with Crippen LogP contribution in [0.3, 0.4) is 0 Å². The predicted molar refractivity (Wildman–Crippen MR) is 70.2 cm³/mol. The number of sulfonamides is 1. The van der Waals surface area contributed by atoms with Crippen molar-refractivity contribution < 1.29 is 13.2 Å². The van der Waals surface area contributed by atoms with E-state index in [0.29, 0.717) is 18.2 Å². The molecule has 1 aromatic carbocycles. The van der Waals surface area contributed by atoms with Gasteiger partial charge in [0.15, 0.2) is 0 Å². The third-order valence-electron chi connectivity index (χ3n) is 3.25. The van der Waals surface area contributed by atoms with Gasteiger partial charge in [0, 0.05) is 17.6 Å². The first-order valence-corrected chi connectivity index (χ1v) is 7.64. The lowest BCUT2D eigenvalue weighted by atomic mass is 10.2. The summed E-state index contributed by atoms with van der Waals surface area (Å²) in [5, 5.41) is 0.525. The van der Waals surface area contributed by atoms with Gasteiger partial charge in [-0.1, -0.05) is 11.6 Å². The maximum absolute atomic E-state index is 12.5. The van der Waals surface area contributed by atoms with E-state index in [1.807, 2.05) is 13.8 Å². The number of morpholine rings is 1. The second-order valence-electron chi connectivity index (χ2n) is 4.39. The largest absolute Gasteiger partial charge is 0.375 e. The molecule has 0 saturated carbocycles. The van der Waals surface area contributed by atoms with Crippen LogP contribution in [0.2, 0.25) is 5.02 Å². The van der Waals surface area contributed by atoms with Gasteiger partial charge < -0.3 is 4.74 Å². The molecule has 6 heteroatoms. The Hall–Kier alpha value is -0.620. The molecule has 0 bridgehead atoms. The Morgan fingerprint density at radius 1 is 1.28 bits per heavy atom. The molecule has 1 heterocycles. The molecule has 2 atom stereocenters. The number of nitrogens with zero attached hydrogens (tertiary/aromatic N) is 1. The highest BCUT2D eigenvalue weighted by Gasteiger charge is 2.35. The van der Waals surface area contributed by atoms with Gasteiger partial charge in [-0.15, -0.1) is 0 Å². The molecule has 0 aromatic heterocycles. The zero-order valence-electron chi connectivity index (χ0n) is 10.3. The van der Waals surface area contributed by atoms with Crippen LogP contribution in [0.15, 0.2) is 29.2 Å². The van der Waals surface area contributed by atoms with Gasteiger partial charge in [-0.3, -0.25) is 0 Å². The van der Waals surface area contributed by atoms with E-state index in [0.717, 1.165) is 0 Å². The van der Waals surface area contributed by atoms with Crippen molar-refractivity contribution >= 4 is 21.6 Å². The quantitative estimate of drug-likeness (QED) is 0.838. The van der Waals surface area contributed by atoms with Crippen molar-refractivity contribution in [3.8, 4) is 0 Å². The van der Waals surface area contributed by atoms with Gasteiger partial charge in [-0.2, -0.15) is 4.31 Å². The van der Waals surface area contributed by atoms with Gasteiger partial charge in [-0.25, -0.2) is 8.42 Å². The minimum atomic E-state index is -3.47. The van der Waals surface area contributed by atoms with Crippen molar-refractivity contribution in [3.63, 3.8) is 0 Å². The zero-order valence-corrected chi connectivity index (χ0v) is 11.9. The minimum absolute atomic E-state index is 0.0965. The van der Waals surface area contributed by atoms with Crippen LogP contribution < -0.4 is 0 Å². The highest BCUT2D eigenvalue weighted by atomic mass is 35.5. The van der Waals surface area contributed by atoms with Crippen LogP contribution in [0.5, 0.6) is 0 Å². The Balaban J connectivity index is 2.33. The highest BCUT2D eigenvalue weighted by molar-refractivity contribution is 7.89. The molecule has 4 nitrogen and oxygen atoms in total. The third kappa shape index (κ3) is 2.54. The summed E-state index contributed by atoms with van der Waals surface area (Å²) in [7, 11) is -3.47. The molecule has 1 aromatic rings. The van der Waals surface area contributed by atoms with Crippen molar-refractivity contribution in [1.29, 1.82) is 0 Å². The van der Waals surface area contributed by atoms with E-state index in [9.17, 15) is 8.42 Å². The van der Waals surface area contributed by atoms with E-state index in [1.54, 1.807) is 12.1 Å². The molecule has 0 spiro atoms. The molecular formula is C12H16ClNO3S. The van der Waals surface area contributed by atoms with Crippen molar-refractivity contribution in [3.05, 3.63) is 29.3 Å². The highest BCUT2D eigenvalue weighted by Crippen LogP contribution is 2.24. The monoisotopic (exact) mass is 289 g/mol. The van der Waals surface area contributed by atoms with Gasteiger partial charge in [-0.05, 0) is 38.1 Å². The Morgan fingerprint density at radius 3 is 2.50 bits per heavy atom. The topological polar surface area (TPSA) is 46.6 Å². The summed E-state index contributed by atoms with van der Waals surface area (Å²) in [5.74, 6) is 0. The van der Waals surface area contributed by atoms with E-state index in [2.05, 4.69) is 0 Å². The molecule has 18 heavy (non-hydrogen) atoms. The fraction of sp³-hybridized carbons (Fsp3) is 0.500. The van der Waals surface area contributed by atoms with E-state index in [4.69, 9.17) is 16.3 Å². The normalized spacial score (nSPS) is 26.2. The standard InChI is InChI=1S/C12H16ClNO3S/c1-9-10(2)17-8-7-14(9)18(15,16)12-5-3-11(13)4-6-12/h3-6,9-10H,7-8H2,1-2H3. The van der Waals surface area contributed by atoms with Gasteiger partial charge >= 0.3 is 0 Å². The number of rotatable bonds is 2. The summed E-state index contributed by atoms with van der Waals surface area (Å²) in [6, 6.07) is 6.07. The SMILES string of the molecule is CC1OCCN(S(=O)(=O)c2ccc(Cl)cc2)C1C. The number of benzene rings is 1. The van der Waals surface area contributed by atoms with Crippen LogP contribution in [-0.4, -0.2) is 38.0 Å². The smallest absolute Gasteiger partial charge is 0.243 e. The van der Waals surface area contributed by atoms with E-state index in [-0.39, 0.29) is 17.0 Å². The Morgan fingerprint density at radius 2 is 1.89 bits per heavy atom. The average Bonchev–Trinajstić information content (AvgIpc) is 2.33. The van der Waals surface area contributed by atoms with Crippen LogP contribution in [-0.2, 0) is 14.8 Å². The molecule has 0 aliphatic carbocycles. The second-order valence-corrected chi connectivity index (χ2v) is 6.71. The molecule has 1 saturated heterocycles. The van der Waals surface area contributed by atoms with Crippen molar-refractivity contribution in [2.45, 2.75) is 30.9 Å². The molecule has 0 radical (unpaired) electrons. The Labute approximate surface area is 113 Å². The summed E-state index contributed by atoms with van der Waals surface area (Å²) < 4.78 is 31.9. The molecule has 2 rings (SSSR count). The summed E-state index contributed by atoms with van der Waals surface area (Å²) in [6.07, 6.45) is -0.0965. The maximum Gasteiger partial charge on any atom is 0.243 e. The lowest BCUT2D eigenvalue weighted by molar-refractivity contribution is -0.0232. The van der Waals surface area contributed by atoms with Crippen molar-refractivity contribution in [2.75, 3.05) is 13.2 Å².